The van der Waals surface area contributed by atoms with Gasteiger partial charge < -0.3 is 20.1 Å². The molecule has 0 fully saturated rings. The largest absolute Gasteiger partial charge is 0.481 e. The van der Waals surface area contributed by atoms with Crippen LogP contribution in [-0.4, -0.2) is 45.8 Å². The monoisotopic (exact) mass is 288 g/mol. The summed E-state index contributed by atoms with van der Waals surface area (Å²) in [5, 5.41) is 24.2. The molecule has 0 aromatic carbocycles. The molecule has 112 valence electrons. The molecule has 0 heterocycles. The number of ether oxygens (including phenoxy) is 1. The third-order valence-electron chi connectivity index (χ3n) is 1.65. The molecular formula is C12H16O8. The first-order chi connectivity index (χ1) is 9.20. The molecule has 0 rings (SSSR count). The summed E-state index contributed by atoms with van der Waals surface area (Å²) in [7, 11) is 0. The van der Waals surface area contributed by atoms with Crippen molar-refractivity contribution in [2.75, 3.05) is 6.61 Å². The fourth-order valence-electron chi connectivity index (χ4n) is 0.693. The van der Waals surface area contributed by atoms with E-state index < -0.39 is 23.9 Å². The van der Waals surface area contributed by atoms with E-state index >= 15 is 0 Å². The molecule has 0 saturated carbocycles. The minimum absolute atomic E-state index is 0.00123. The minimum Gasteiger partial charge on any atom is -0.481 e. The molecule has 0 spiro atoms. The summed E-state index contributed by atoms with van der Waals surface area (Å²) < 4.78 is 4.53. The Morgan fingerprint density at radius 1 is 0.950 bits per heavy atom. The molecule has 0 aliphatic heterocycles. The lowest BCUT2D eigenvalue weighted by Crippen LogP contribution is -2.11. The van der Waals surface area contributed by atoms with Crippen LogP contribution in [0.1, 0.15) is 19.3 Å². The van der Waals surface area contributed by atoms with Gasteiger partial charge in [-0.2, -0.15) is 0 Å². The standard InChI is InChI=1S/C9H12O6.C3H4O2/c1-6(2-3-7(10)11)9(14)15-5-4-8(12)13;1-2-3(4)5/h1-5H2,(H,10,11)(H,12,13);2H,1H2,(H,4,5). The van der Waals surface area contributed by atoms with E-state index in [2.05, 4.69) is 17.9 Å². The normalized spacial score (nSPS) is 8.60. The lowest BCUT2D eigenvalue weighted by Gasteiger charge is -2.04. The molecule has 8 nitrogen and oxygen atoms in total. The number of carboxylic acid groups (broad SMARTS) is 3. The van der Waals surface area contributed by atoms with Gasteiger partial charge in [0.2, 0.25) is 0 Å². The van der Waals surface area contributed by atoms with Crippen molar-refractivity contribution in [1.82, 2.24) is 0 Å². The van der Waals surface area contributed by atoms with Crippen LogP contribution in [-0.2, 0) is 23.9 Å². The van der Waals surface area contributed by atoms with E-state index in [4.69, 9.17) is 15.3 Å². The summed E-state index contributed by atoms with van der Waals surface area (Å²) in [6.07, 6.45) is 0.353. The molecule has 0 saturated heterocycles. The van der Waals surface area contributed by atoms with Crippen LogP contribution in [0.5, 0.6) is 0 Å². The Bertz CT molecular complexity index is 396. The Balaban J connectivity index is 0. The zero-order valence-electron chi connectivity index (χ0n) is 10.7. The maximum Gasteiger partial charge on any atom is 0.333 e. The van der Waals surface area contributed by atoms with Gasteiger partial charge >= 0.3 is 23.9 Å². The number of hydrogen-bond donors (Lipinski definition) is 3. The number of rotatable bonds is 8. The molecule has 0 amide bonds. The average molecular weight is 288 g/mol. The highest BCUT2D eigenvalue weighted by Gasteiger charge is 2.10. The van der Waals surface area contributed by atoms with Crippen molar-refractivity contribution >= 4 is 23.9 Å². The average Bonchev–Trinajstić information content (AvgIpc) is 2.35. The van der Waals surface area contributed by atoms with Crippen LogP contribution in [0.2, 0.25) is 0 Å². The first kappa shape index (κ1) is 19.7. The van der Waals surface area contributed by atoms with E-state index in [1.54, 1.807) is 0 Å². The van der Waals surface area contributed by atoms with E-state index in [0.717, 1.165) is 6.08 Å². The van der Waals surface area contributed by atoms with E-state index in [0.29, 0.717) is 0 Å². The lowest BCUT2D eigenvalue weighted by molar-refractivity contribution is -0.143. The third kappa shape index (κ3) is 15.4. The highest BCUT2D eigenvalue weighted by Crippen LogP contribution is 2.04. The maximum absolute atomic E-state index is 11.0. The number of carboxylic acids is 3. The first-order valence-electron chi connectivity index (χ1n) is 5.34. The molecule has 8 heteroatoms. The number of hydrogen-bond acceptors (Lipinski definition) is 5. The Kier molecular flexibility index (Phi) is 11.3. The summed E-state index contributed by atoms with van der Waals surface area (Å²) in [6, 6.07) is 0. The van der Waals surface area contributed by atoms with E-state index in [9.17, 15) is 19.2 Å². The lowest BCUT2D eigenvalue weighted by atomic mass is 10.2. The van der Waals surface area contributed by atoms with E-state index in [-0.39, 0.29) is 31.4 Å². The Morgan fingerprint density at radius 2 is 1.40 bits per heavy atom. The Labute approximate surface area is 115 Å². The molecule has 0 radical (unpaired) electrons. The predicted octanol–water partition coefficient (Wildman–Crippen LogP) is 0.682. The second kappa shape index (κ2) is 11.5. The van der Waals surface area contributed by atoms with Crippen LogP contribution < -0.4 is 0 Å². The van der Waals surface area contributed by atoms with E-state index in [1.807, 2.05) is 0 Å². The van der Waals surface area contributed by atoms with Gasteiger partial charge in [0.05, 0.1) is 6.42 Å². The SMILES string of the molecule is C=C(CCC(=O)O)C(=O)OCCC(=O)O.C=CC(=O)O. The summed E-state index contributed by atoms with van der Waals surface area (Å²) in [4.78, 5) is 40.5. The van der Waals surface area contributed by atoms with Gasteiger partial charge in [-0.15, -0.1) is 0 Å². The zero-order chi connectivity index (χ0) is 16.1. The van der Waals surface area contributed by atoms with Gasteiger partial charge in [0.25, 0.3) is 0 Å². The second-order valence-corrected chi connectivity index (χ2v) is 3.32. The molecule has 20 heavy (non-hydrogen) atoms. The van der Waals surface area contributed by atoms with Crippen molar-refractivity contribution in [2.24, 2.45) is 0 Å². The fourth-order valence-corrected chi connectivity index (χ4v) is 0.693. The topological polar surface area (TPSA) is 138 Å². The highest BCUT2D eigenvalue weighted by atomic mass is 16.5. The molecule has 0 aliphatic rings. The van der Waals surface area contributed by atoms with Crippen molar-refractivity contribution in [1.29, 1.82) is 0 Å². The number of aliphatic carboxylic acids is 3. The van der Waals surface area contributed by atoms with Gasteiger partial charge in [-0.25, -0.2) is 9.59 Å². The van der Waals surface area contributed by atoms with Gasteiger partial charge in [0.1, 0.15) is 6.61 Å². The van der Waals surface area contributed by atoms with Crippen LogP contribution in [0.3, 0.4) is 0 Å². The smallest absolute Gasteiger partial charge is 0.333 e. The molecule has 0 aromatic heterocycles. The molecule has 3 N–H and O–H groups in total. The van der Waals surface area contributed by atoms with Gasteiger partial charge in [-0.05, 0) is 6.42 Å². The number of carbonyl (C=O) groups excluding carboxylic acids is 1. The van der Waals surface area contributed by atoms with Gasteiger partial charge in [0, 0.05) is 18.1 Å². The van der Waals surface area contributed by atoms with Gasteiger partial charge in [-0.3, -0.25) is 9.59 Å². The summed E-state index contributed by atoms with van der Waals surface area (Å²) >= 11 is 0. The van der Waals surface area contributed by atoms with Crippen molar-refractivity contribution in [3.8, 4) is 0 Å². The predicted molar refractivity (Wildman–Crippen MR) is 67.1 cm³/mol. The van der Waals surface area contributed by atoms with E-state index in [1.165, 1.54) is 0 Å². The van der Waals surface area contributed by atoms with Crippen LogP contribution in [0.15, 0.2) is 24.8 Å². The highest BCUT2D eigenvalue weighted by molar-refractivity contribution is 5.88. The molecule has 0 bridgehead atoms. The molecule has 0 unspecified atom stereocenters. The number of esters is 1. The van der Waals surface area contributed by atoms with Crippen molar-refractivity contribution < 1.29 is 39.2 Å². The van der Waals surface area contributed by atoms with Crippen molar-refractivity contribution in [3.63, 3.8) is 0 Å². The van der Waals surface area contributed by atoms with Crippen LogP contribution in [0.25, 0.3) is 0 Å². The Morgan fingerprint density at radius 3 is 1.75 bits per heavy atom. The minimum atomic E-state index is -1.07. The fraction of sp³-hybridized carbons (Fsp3) is 0.333. The van der Waals surface area contributed by atoms with Crippen LogP contribution >= 0.6 is 0 Å². The van der Waals surface area contributed by atoms with Crippen LogP contribution in [0, 0.1) is 0 Å². The van der Waals surface area contributed by atoms with Gasteiger partial charge in [-0.1, -0.05) is 13.2 Å². The number of carbonyl (C=O) groups is 4. The summed E-state index contributed by atoms with van der Waals surface area (Å²) in [5.41, 5.74) is 0.0304. The quantitative estimate of drug-likeness (QED) is 0.438. The summed E-state index contributed by atoms with van der Waals surface area (Å²) in [6.45, 7) is 6.06. The molecule has 0 aliphatic carbocycles. The Hall–Kier alpha value is -2.64. The molecule has 0 atom stereocenters. The first-order valence-corrected chi connectivity index (χ1v) is 5.34. The van der Waals surface area contributed by atoms with Gasteiger partial charge in [0.15, 0.2) is 0 Å². The van der Waals surface area contributed by atoms with Crippen LogP contribution in [0.4, 0.5) is 0 Å². The zero-order valence-corrected chi connectivity index (χ0v) is 10.7. The third-order valence-corrected chi connectivity index (χ3v) is 1.65. The second-order valence-electron chi connectivity index (χ2n) is 3.32. The summed E-state index contributed by atoms with van der Waals surface area (Å²) in [5.74, 6) is -3.84. The maximum atomic E-state index is 11.0. The van der Waals surface area contributed by atoms with Crippen molar-refractivity contribution in [3.05, 3.63) is 24.8 Å². The molecular weight excluding hydrogens is 272 g/mol. The van der Waals surface area contributed by atoms with Crippen molar-refractivity contribution in [2.45, 2.75) is 19.3 Å². The molecule has 0 aromatic rings.